The van der Waals surface area contributed by atoms with Gasteiger partial charge in [-0.3, -0.25) is 14.9 Å². The van der Waals surface area contributed by atoms with Crippen molar-refractivity contribution in [2.75, 3.05) is 7.05 Å². The Hall–Kier alpha value is -2.78. The number of carbonyl (C=O) groups is 1. The SMILES string of the molecule is CN(C(Cc1cccc([N+](=O)[O-])c1)C(=O)O)S(=O)(=O)c1ccccc1. The van der Waals surface area contributed by atoms with Gasteiger partial charge in [0.15, 0.2) is 0 Å². The molecule has 132 valence electrons. The van der Waals surface area contributed by atoms with Crippen molar-refractivity contribution in [3.8, 4) is 0 Å². The summed E-state index contributed by atoms with van der Waals surface area (Å²) in [7, 11) is -2.83. The number of sulfonamides is 1. The lowest BCUT2D eigenvalue weighted by Gasteiger charge is -2.24. The molecule has 0 heterocycles. The first-order valence-corrected chi connectivity index (χ1v) is 8.66. The monoisotopic (exact) mass is 364 g/mol. The standard InChI is InChI=1S/C16H16N2O6S/c1-17(25(23,24)14-8-3-2-4-9-14)15(16(19)20)11-12-6-5-7-13(10-12)18(21)22/h2-10,15H,11H2,1H3,(H,19,20). The third-order valence-electron chi connectivity index (χ3n) is 3.69. The Morgan fingerprint density at radius 3 is 2.40 bits per heavy atom. The number of hydrogen-bond acceptors (Lipinski definition) is 5. The summed E-state index contributed by atoms with van der Waals surface area (Å²) in [5.41, 5.74) is 0.173. The number of rotatable bonds is 7. The number of hydrogen-bond donors (Lipinski definition) is 1. The van der Waals surface area contributed by atoms with Gasteiger partial charge in [0.25, 0.3) is 5.69 Å². The second-order valence-electron chi connectivity index (χ2n) is 5.32. The van der Waals surface area contributed by atoms with Gasteiger partial charge in [-0.05, 0) is 24.1 Å². The number of likely N-dealkylation sites (N-methyl/N-ethyl adjacent to an activating group) is 1. The van der Waals surface area contributed by atoms with E-state index in [0.29, 0.717) is 5.56 Å². The summed E-state index contributed by atoms with van der Waals surface area (Å²) in [5.74, 6) is -1.34. The molecule has 0 saturated heterocycles. The highest BCUT2D eigenvalue weighted by molar-refractivity contribution is 7.89. The van der Waals surface area contributed by atoms with Crippen molar-refractivity contribution in [1.29, 1.82) is 0 Å². The summed E-state index contributed by atoms with van der Waals surface area (Å²) in [6.45, 7) is 0. The van der Waals surface area contributed by atoms with E-state index >= 15 is 0 Å². The van der Waals surface area contributed by atoms with E-state index in [1.165, 1.54) is 55.6 Å². The largest absolute Gasteiger partial charge is 0.480 e. The third-order valence-corrected chi connectivity index (χ3v) is 5.58. The Bertz CT molecular complexity index is 883. The van der Waals surface area contributed by atoms with Crippen LogP contribution in [0.1, 0.15) is 5.56 Å². The molecule has 0 aliphatic rings. The quantitative estimate of drug-likeness (QED) is 0.592. The van der Waals surface area contributed by atoms with E-state index in [1.807, 2.05) is 0 Å². The summed E-state index contributed by atoms with van der Waals surface area (Å²) in [4.78, 5) is 21.8. The average Bonchev–Trinajstić information content (AvgIpc) is 2.59. The highest BCUT2D eigenvalue weighted by Crippen LogP contribution is 2.20. The van der Waals surface area contributed by atoms with Crippen LogP contribution in [0, 0.1) is 10.1 Å². The molecule has 0 amide bonds. The van der Waals surface area contributed by atoms with Gasteiger partial charge in [-0.1, -0.05) is 30.3 Å². The van der Waals surface area contributed by atoms with Crippen LogP contribution in [0.2, 0.25) is 0 Å². The van der Waals surface area contributed by atoms with Gasteiger partial charge in [-0.25, -0.2) is 8.42 Å². The molecule has 0 aromatic heterocycles. The van der Waals surface area contributed by atoms with E-state index in [4.69, 9.17) is 0 Å². The second-order valence-corrected chi connectivity index (χ2v) is 7.32. The van der Waals surface area contributed by atoms with E-state index in [-0.39, 0.29) is 17.0 Å². The van der Waals surface area contributed by atoms with Crippen LogP contribution >= 0.6 is 0 Å². The molecule has 1 N–H and O–H groups in total. The molecule has 8 nitrogen and oxygen atoms in total. The van der Waals surface area contributed by atoms with Crippen molar-refractivity contribution in [3.63, 3.8) is 0 Å². The molecule has 2 aromatic carbocycles. The van der Waals surface area contributed by atoms with Crippen molar-refractivity contribution < 1.29 is 23.2 Å². The fourth-order valence-electron chi connectivity index (χ4n) is 2.32. The fraction of sp³-hybridized carbons (Fsp3) is 0.188. The number of carboxylic acids is 1. The zero-order valence-electron chi connectivity index (χ0n) is 13.3. The maximum atomic E-state index is 12.6. The maximum absolute atomic E-state index is 12.6. The molecule has 0 aliphatic heterocycles. The van der Waals surface area contributed by atoms with Crippen LogP contribution in [0.15, 0.2) is 59.5 Å². The summed E-state index contributed by atoms with van der Waals surface area (Å²) in [6.07, 6.45) is -0.195. The Morgan fingerprint density at radius 2 is 1.84 bits per heavy atom. The molecule has 2 aromatic rings. The minimum atomic E-state index is -4.01. The van der Waals surface area contributed by atoms with E-state index in [2.05, 4.69) is 0 Å². The number of nitro groups is 1. The minimum absolute atomic E-state index is 0.0252. The predicted molar refractivity (Wildman–Crippen MR) is 89.6 cm³/mol. The van der Waals surface area contributed by atoms with Crippen LogP contribution in [0.5, 0.6) is 0 Å². The topological polar surface area (TPSA) is 118 Å². The smallest absolute Gasteiger partial charge is 0.322 e. The van der Waals surface area contributed by atoms with Crippen molar-refractivity contribution >= 4 is 21.7 Å². The predicted octanol–water partition coefficient (Wildman–Crippen LogP) is 1.91. The summed E-state index contributed by atoms with van der Waals surface area (Å²) in [5, 5.41) is 20.3. The van der Waals surface area contributed by atoms with E-state index < -0.39 is 27.0 Å². The molecule has 0 spiro atoms. The number of aliphatic carboxylic acids is 1. The van der Waals surface area contributed by atoms with Crippen molar-refractivity contribution in [2.24, 2.45) is 0 Å². The summed E-state index contributed by atoms with van der Waals surface area (Å²) in [6, 6.07) is 11.5. The van der Waals surface area contributed by atoms with Gasteiger partial charge in [-0.2, -0.15) is 4.31 Å². The molecule has 1 unspecified atom stereocenters. The zero-order chi connectivity index (χ0) is 18.6. The Balaban J connectivity index is 2.34. The lowest BCUT2D eigenvalue weighted by atomic mass is 10.1. The fourth-order valence-corrected chi connectivity index (χ4v) is 3.65. The van der Waals surface area contributed by atoms with Gasteiger partial charge in [0.05, 0.1) is 9.82 Å². The highest BCUT2D eigenvalue weighted by atomic mass is 32.2. The number of non-ortho nitro benzene ring substituents is 1. The van der Waals surface area contributed by atoms with Crippen LogP contribution in [0.3, 0.4) is 0 Å². The normalized spacial score (nSPS) is 12.7. The number of nitrogens with zero attached hydrogens (tertiary/aromatic N) is 2. The Morgan fingerprint density at radius 1 is 1.20 bits per heavy atom. The van der Waals surface area contributed by atoms with Crippen molar-refractivity contribution in [3.05, 3.63) is 70.3 Å². The summed E-state index contributed by atoms with van der Waals surface area (Å²) < 4.78 is 26.0. The molecule has 0 bridgehead atoms. The molecule has 9 heteroatoms. The molecule has 0 saturated carbocycles. The molecule has 25 heavy (non-hydrogen) atoms. The number of benzene rings is 2. The molecular formula is C16H16N2O6S. The second kappa shape index (κ2) is 7.41. The van der Waals surface area contributed by atoms with E-state index in [9.17, 15) is 28.4 Å². The van der Waals surface area contributed by atoms with Crippen LogP contribution in [-0.4, -0.2) is 41.8 Å². The van der Waals surface area contributed by atoms with Gasteiger partial charge in [0.2, 0.25) is 10.0 Å². The first kappa shape index (κ1) is 18.6. The lowest BCUT2D eigenvalue weighted by Crippen LogP contribution is -2.43. The molecule has 0 radical (unpaired) electrons. The van der Waals surface area contributed by atoms with Crippen molar-refractivity contribution in [1.82, 2.24) is 4.31 Å². The highest BCUT2D eigenvalue weighted by Gasteiger charge is 2.33. The first-order chi connectivity index (χ1) is 11.7. The Labute approximate surface area is 144 Å². The van der Waals surface area contributed by atoms with Crippen LogP contribution in [0.25, 0.3) is 0 Å². The molecule has 0 aliphatic carbocycles. The number of nitro benzene ring substituents is 1. The van der Waals surface area contributed by atoms with E-state index in [1.54, 1.807) is 6.07 Å². The van der Waals surface area contributed by atoms with E-state index in [0.717, 1.165) is 4.31 Å². The van der Waals surface area contributed by atoms with Gasteiger partial charge < -0.3 is 5.11 Å². The molecular weight excluding hydrogens is 348 g/mol. The van der Waals surface area contributed by atoms with Crippen molar-refractivity contribution in [2.45, 2.75) is 17.4 Å². The van der Waals surface area contributed by atoms with Gasteiger partial charge in [0, 0.05) is 19.2 Å². The lowest BCUT2D eigenvalue weighted by molar-refractivity contribution is -0.384. The number of carboxylic acid groups (broad SMARTS) is 1. The maximum Gasteiger partial charge on any atom is 0.322 e. The molecule has 1 atom stereocenters. The summed E-state index contributed by atoms with van der Waals surface area (Å²) >= 11 is 0. The molecule has 0 fully saturated rings. The average molecular weight is 364 g/mol. The first-order valence-electron chi connectivity index (χ1n) is 7.22. The molecule has 2 rings (SSSR count). The Kier molecular flexibility index (Phi) is 5.50. The van der Waals surface area contributed by atoms with Crippen LogP contribution in [-0.2, 0) is 21.2 Å². The van der Waals surface area contributed by atoms with Gasteiger partial charge >= 0.3 is 5.97 Å². The third kappa shape index (κ3) is 4.20. The zero-order valence-corrected chi connectivity index (χ0v) is 14.1. The van der Waals surface area contributed by atoms with Crippen LogP contribution < -0.4 is 0 Å². The van der Waals surface area contributed by atoms with Gasteiger partial charge in [-0.15, -0.1) is 0 Å². The van der Waals surface area contributed by atoms with Crippen LogP contribution in [0.4, 0.5) is 5.69 Å². The minimum Gasteiger partial charge on any atom is -0.480 e. The van der Waals surface area contributed by atoms with Gasteiger partial charge in [0.1, 0.15) is 6.04 Å².